The van der Waals surface area contributed by atoms with E-state index in [0.717, 1.165) is 0 Å². The van der Waals surface area contributed by atoms with Gasteiger partial charge in [-0.1, -0.05) is 0 Å². The second kappa shape index (κ2) is 5.01. The van der Waals surface area contributed by atoms with Gasteiger partial charge in [0.05, 0.1) is 12.0 Å². The first-order valence-corrected chi connectivity index (χ1v) is 4.94. The Bertz CT molecular complexity index is 249. The average Bonchev–Trinajstić information content (AvgIpc) is 2.17. The predicted octanol–water partition coefficient (Wildman–Crippen LogP) is 1.02. The Kier molecular flexibility index (Phi) is 4.15. The summed E-state index contributed by atoms with van der Waals surface area (Å²) in [5.41, 5.74) is -1.17. The molecule has 0 aliphatic carbocycles. The quantitative estimate of drug-likeness (QED) is 0.771. The molecule has 1 rings (SSSR count). The third kappa shape index (κ3) is 3.64. The molecule has 1 aliphatic rings. The van der Waals surface area contributed by atoms with Gasteiger partial charge in [0, 0.05) is 0 Å². The number of halogens is 3. The van der Waals surface area contributed by atoms with Crippen molar-refractivity contribution in [3.8, 4) is 0 Å². The standard InChI is InChI=1S/C9H14F3NO3/c10-9(11,12)6-16-5-8(7(14)15)1-3-13-4-2-8/h13H,1-6H2,(H,14,15). The minimum Gasteiger partial charge on any atom is -0.481 e. The molecular formula is C9H14F3NO3. The lowest BCUT2D eigenvalue weighted by Gasteiger charge is -2.33. The molecule has 0 aromatic heterocycles. The van der Waals surface area contributed by atoms with E-state index in [2.05, 4.69) is 10.1 Å². The Balaban J connectivity index is 2.48. The van der Waals surface area contributed by atoms with Gasteiger partial charge in [0.1, 0.15) is 6.61 Å². The van der Waals surface area contributed by atoms with Crippen molar-refractivity contribution in [1.82, 2.24) is 5.32 Å². The molecule has 1 saturated heterocycles. The first kappa shape index (κ1) is 13.2. The molecule has 16 heavy (non-hydrogen) atoms. The molecule has 0 aromatic carbocycles. The molecule has 1 aliphatic heterocycles. The van der Waals surface area contributed by atoms with Crippen molar-refractivity contribution in [3.63, 3.8) is 0 Å². The number of hydrogen-bond donors (Lipinski definition) is 2. The van der Waals surface area contributed by atoms with Gasteiger partial charge in [-0.15, -0.1) is 0 Å². The van der Waals surface area contributed by atoms with Crippen molar-refractivity contribution in [2.24, 2.45) is 5.41 Å². The van der Waals surface area contributed by atoms with Crippen LogP contribution in [0.5, 0.6) is 0 Å². The number of carboxylic acid groups (broad SMARTS) is 1. The van der Waals surface area contributed by atoms with E-state index in [1.807, 2.05) is 0 Å². The van der Waals surface area contributed by atoms with Crippen LogP contribution < -0.4 is 5.32 Å². The number of carboxylic acids is 1. The lowest BCUT2D eigenvalue weighted by molar-refractivity contribution is -0.188. The third-order valence-electron chi connectivity index (χ3n) is 2.66. The molecule has 2 N–H and O–H groups in total. The Labute approximate surface area is 90.8 Å². The molecule has 0 spiro atoms. The van der Waals surface area contributed by atoms with Gasteiger partial charge in [-0.05, 0) is 25.9 Å². The van der Waals surface area contributed by atoms with E-state index in [-0.39, 0.29) is 6.61 Å². The van der Waals surface area contributed by atoms with E-state index in [1.54, 1.807) is 0 Å². The van der Waals surface area contributed by atoms with E-state index >= 15 is 0 Å². The van der Waals surface area contributed by atoms with Gasteiger partial charge in [0.15, 0.2) is 0 Å². The smallest absolute Gasteiger partial charge is 0.411 e. The number of carbonyl (C=O) groups is 1. The van der Waals surface area contributed by atoms with Gasteiger partial charge in [-0.3, -0.25) is 4.79 Å². The Hall–Kier alpha value is -0.820. The van der Waals surface area contributed by atoms with Crippen LogP contribution in [0.3, 0.4) is 0 Å². The topological polar surface area (TPSA) is 58.6 Å². The van der Waals surface area contributed by atoms with Crippen LogP contribution in [0.4, 0.5) is 13.2 Å². The lowest BCUT2D eigenvalue weighted by Crippen LogP contribution is -2.45. The molecule has 0 radical (unpaired) electrons. The predicted molar refractivity (Wildman–Crippen MR) is 49.0 cm³/mol. The molecule has 0 aromatic rings. The molecule has 94 valence electrons. The summed E-state index contributed by atoms with van der Waals surface area (Å²) in [4.78, 5) is 11.0. The van der Waals surface area contributed by atoms with Gasteiger partial charge in [-0.25, -0.2) is 0 Å². The first-order chi connectivity index (χ1) is 7.36. The maximum absolute atomic E-state index is 11.9. The number of piperidine rings is 1. The van der Waals surface area contributed by atoms with Crippen molar-refractivity contribution in [2.45, 2.75) is 19.0 Å². The van der Waals surface area contributed by atoms with Crippen molar-refractivity contribution in [1.29, 1.82) is 0 Å². The zero-order valence-corrected chi connectivity index (χ0v) is 8.64. The van der Waals surface area contributed by atoms with Crippen molar-refractivity contribution in [3.05, 3.63) is 0 Å². The van der Waals surface area contributed by atoms with Crippen molar-refractivity contribution >= 4 is 5.97 Å². The third-order valence-corrected chi connectivity index (χ3v) is 2.66. The average molecular weight is 241 g/mol. The number of rotatable bonds is 4. The minimum atomic E-state index is -4.41. The van der Waals surface area contributed by atoms with Crippen LogP contribution in [0, 0.1) is 5.41 Å². The Morgan fingerprint density at radius 1 is 1.38 bits per heavy atom. The van der Waals surface area contributed by atoms with Gasteiger partial charge in [-0.2, -0.15) is 13.2 Å². The molecule has 0 atom stereocenters. The number of hydrogen-bond acceptors (Lipinski definition) is 3. The number of alkyl halides is 3. The second-order valence-electron chi connectivity index (χ2n) is 3.94. The van der Waals surface area contributed by atoms with Gasteiger partial charge < -0.3 is 15.2 Å². The highest BCUT2D eigenvalue weighted by atomic mass is 19.4. The van der Waals surface area contributed by atoms with Crippen LogP contribution in [0.1, 0.15) is 12.8 Å². The summed E-state index contributed by atoms with van der Waals surface area (Å²) in [5.74, 6) is -1.09. The number of nitrogens with one attached hydrogen (secondary N) is 1. The maximum atomic E-state index is 11.9. The number of aliphatic carboxylic acids is 1. The first-order valence-electron chi connectivity index (χ1n) is 4.94. The van der Waals surface area contributed by atoms with Crippen LogP contribution in [-0.2, 0) is 9.53 Å². The molecular weight excluding hydrogens is 227 g/mol. The monoisotopic (exact) mass is 241 g/mol. The van der Waals surface area contributed by atoms with Crippen LogP contribution in [0.15, 0.2) is 0 Å². The SMILES string of the molecule is O=C(O)C1(COCC(F)(F)F)CCNCC1. The van der Waals surface area contributed by atoms with E-state index < -0.39 is 24.2 Å². The summed E-state index contributed by atoms with van der Waals surface area (Å²) >= 11 is 0. The molecule has 1 heterocycles. The summed E-state index contributed by atoms with van der Waals surface area (Å²) in [5, 5.41) is 12.0. The zero-order chi connectivity index (χ0) is 12.2. The molecule has 4 nitrogen and oxygen atoms in total. The summed E-state index contributed by atoms with van der Waals surface area (Å²) in [6, 6.07) is 0. The summed E-state index contributed by atoms with van der Waals surface area (Å²) in [7, 11) is 0. The van der Waals surface area contributed by atoms with E-state index in [0.29, 0.717) is 25.9 Å². The van der Waals surface area contributed by atoms with Crippen LogP contribution in [-0.4, -0.2) is 43.6 Å². The molecule has 7 heteroatoms. The highest BCUT2D eigenvalue weighted by Gasteiger charge is 2.41. The zero-order valence-electron chi connectivity index (χ0n) is 8.64. The molecule has 0 bridgehead atoms. The fourth-order valence-corrected chi connectivity index (χ4v) is 1.69. The second-order valence-corrected chi connectivity index (χ2v) is 3.94. The van der Waals surface area contributed by atoms with Crippen molar-refractivity contribution < 1.29 is 27.8 Å². The fraction of sp³-hybridized carbons (Fsp3) is 0.889. The van der Waals surface area contributed by atoms with Crippen LogP contribution >= 0.6 is 0 Å². The van der Waals surface area contributed by atoms with Crippen molar-refractivity contribution in [2.75, 3.05) is 26.3 Å². The summed E-state index contributed by atoms with van der Waals surface area (Å²) in [6.45, 7) is -0.803. The molecule has 0 unspecified atom stereocenters. The van der Waals surface area contributed by atoms with E-state index in [9.17, 15) is 18.0 Å². The lowest BCUT2D eigenvalue weighted by atomic mass is 9.80. The van der Waals surface area contributed by atoms with Crippen LogP contribution in [0.2, 0.25) is 0 Å². The van der Waals surface area contributed by atoms with Gasteiger partial charge in [0.25, 0.3) is 0 Å². The number of ether oxygens (including phenoxy) is 1. The summed E-state index contributed by atoms with van der Waals surface area (Å²) < 4.78 is 40.0. The maximum Gasteiger partial charge on any atom is 0.411 e. The van der Waals surface area contributed by atoms with Gasteiger partial charge in [0.2, 0.25) is 0 Å². The summed E-state index contributed by atoms with van der Waals surface area (Å²) in [6.07, 6.45) is -3.83. The highest BCUT2D eigenvalue weighted by Crippen LogP contribution is 2.30. The normalized spacial score (nSPS) is 20.7. The minimum absolute atomic E-state index is 0.292. The molecule has 1 fully saturated rings. The van der Waals surface area contributed by atoms with Crippen LogP contribution in [0.25, 0.3) is 0 Å². The van der Waals surface area contributed by atoms with E-state index in [1.165, 1.54) is 0 Å². The Morgan fingerprint density at radius 2 is 1.94 bits per heavy atom. The largest absolute Gasteiger partial charge is 0.481 e. The van der Waals surface area contributed by atoms with Gasteiger partial charge >= 0.3 is 12.1 Å². The van der Waals surface area contributed by atoms with E-state index in [4.69, 9.17) is 5.11 Å². The highest BCUT2D eigenvalue weighted by molar-refractivity contribution is 5.75. The molecule has 0 saturated carbocycles. The fourth-order valence-electron chi connectivity index (χ4n) is 1.69. The Morgan fingerprint density at radius 3 is 2.38 bits per heavy atom. The molecule has 0 amide bonds.